The number of aryl methyl sites for hydroxylation is 3. The fourth-order valence-electron chi connectivity index (χ4n) is 3.45. The van der Waals surface area contributed by atoms with Gasteiger partial charge in [-0.15, -0.1) is 0 Å². The molecular formula is C25H31N5O. The molecule has 0 amide bonds. The second-order valence-electron chi connectivity index (χ2n) is 7.72. The van der Waals surface area contributed by atoms with Crippen LogP contribution >= 0.6 is 0 Å². The summed E-state index contributed by atoms with van der Waals surface area (Å²) in [5.74, 6) is 0.814. The molecule has 3 heterocycles. The van der Waals surface area contributed by atoms with Crippen molar-refractivity contribution in [3.63, 3.8) is 0 Å². The molecule has 0 aliphatic rings. The summed E-state index contributed by atoms with van der Waals surface area (Å²) in [5, 5.41) is 9.74. The third-order valence-corrected chi connectivity index (χ3v) is 5.48. The maximum atomic E-state index is 9.74. The molecule has 3 rings (SSSR count). The minimum Gasteiger partial charge on any atom is -0.395 e. The number of hydrogen-bond acceptors (Lipinski definition) is 6. The fourth-order valence-corrected chi connectivity index (χ4v) is 3.45. The Morgan fingerprint density at radius 1 is 0.742 bits per heavy atom. The quantitative estimate of drug-likeness (QED) is 0.542. The van der Waals surface area contributed by atoms with Crippen molar-refractivity contribution >= 4 is 0 Å². The molecule has 0 aliphatic carbocycles. The van der Waals surface area contributed by atoms with Gasteiger partial charge in [-0.25, -0.2) is 0 Å². The van der Waals surface area contributed by atoms with E-state index in [2.05, 4.69) is 70.3 Å². The molecule has 162 valence electrons. The van der Waals surface area contributed by atoms with Gasteiger partial charge in [-0.3, -0.25) is 15.0 Å². The lowest BCUT2D eigenvalue weighted by Gasteiger charge is -2.35. The van der Waals surface area contributed by atoms with E-state index >= 15 is 0 Å². The maximum Gasteiger partial charge on any atom is 0.0976 e. The Balaban J connectivity index is 1.91. The van der Waals surface area contributed by atoms with E-state index in [1.807, 2.05) is 30.6 Å². The number of pyridine rings is 3. The first-order valence-electron chi connectivity index (χ1n) is 10.5. The number of hydrogen-bond donors (Lipinski definition) is 1. The van der Waals surface area contributed by atoms with E-state index in [9.17, 15) is 5.11 Å². The first kappa shape index (κ1) is 22.4. The third-order valence-electron chi connectivity index (χ3n) is 5.48. The van der Waals surface area contributed by atoms with Gasteiger partial charge in [0, 0.05) is 25.1 Å². The number of nitrogens with zero attached hydrogens (tertiary/aromatic N) is 5. The number of aliphatic hydroxyl groups excluding tert-OH is 1. The molecule has 3 aromatic heterocycles. The van der Waals surface area contributed by atoms with Crippen molar-refractivity contribution in [1.29, 1.82) is 0 Å². The summed E-state index contributed by atoms with van der Waals surface area (Å²) in [5.41, 5.74) is 6.34. The average molecular weight is 418 g/mol. The highest BCUT2D eigenvalue weighted by Crippen LogP contribution is 2.21. The fraction of sp³-hybridized carbons (Fsp3) is 0.320. The highest BCUT2D eigenvalue weighted by atomic mass is 16.3. The average Bonchev–Trinajstić information content (AvgIpc) is 2.77. The van der Waals surface area contributed by atoms with Crippen molar-refractivity contribution in [3.05, 3.63) is 101 Å². The number of aromatic nitrogens is 3. The van der Waals surface area contributed by atoms with Crippen LogP contribution < -0.4 is 0 Å². The normalized spacial score (nSPS) is 10.7. The predicted octanol–water partition coefficient (Wildman–Crippen LogP) is 3.76. The Morgan fingerprint density at radius 2 is 1.13 bits per heavy atom. The van der Waals surface area contributed by atoms with E-state index in [1.54, 1.807) is 6.20 Å². The molecule has 1 N–H and O–H groups in total. The summed E-state index contributed by atoms with van der Waals surface area (Å²) in [7, 11) is 0. The van der Waals surface area contributed by atoms with Crippen LogP contribution in [0.3, 0.4) is 0 Å². The van der Waals surface area contributed by atoms with E-state index < -0.39 is 0 Å². The van der Waals surface area contributed by atoms with Gasteiger partial charge in [0.05, 0.1) is 49.1 Å². The molecule has 0 bridgehead atoms. The van der Waals surface area contributed by atoms with Crippen LogP contribution in [-0.4, -0.2) is 43.0 Å². The van der Waals surface area contributed by atoms with Crippen molar-refractivity contribution < 1.29 is 5.11 Å². The molecule has 3 aromatic rings. The lowest BCUT2D eigenvalue weighted by atomic mass is 10.1. The second kappa shape index (κ2) is 10.7. The zero-order chi connectivity index (χ0) is 22.2. The molecule has 6 nitrogen and oxygen atoms in total. The van der Waals surface area contributed by atoms with Crippen LogP contribution in [0.2, 0.25) is 0 Å². The zero-order valence-corrected chi connectivity index (χ0v) is 18.6. The van der Waals surface area contributed by atoms with Gasteiger partial charge in [0.15, 0.2) is 0 Å². The molecule has 0 aliphatic heterocycles. The van der Waals surface area contributed by atoms with Crippen molar-refractivity contribution in [2.75, 3.05) is 13.2 Å². The maximum absolute atomic E-state index is 9.74. The van der Waals surface area contributed by atoms with E-state index in [4.69, 9.17) is 0 Å². The van der Waals surface area contributed by atoms with E-state index in [0.29, 0.717) is 26.2 Å². The Hall–Kier alpha value is -3.25. The summed E-state index contributed by atoms with van der Waals surface area (Å²) < 4.78 is 0. The molecule has 0 fully saturated rings. The highest BCUT2D eigenvalue weighted by molar-refractivity contribution is 5.22. The molecule has 0 radical (unpaired) electrons. The SMILES string of the molecule is C=C(N(CCO)Cc1ncccc1C)N(Cc1ncccc1C)Cc1ncccc1C. The molecule has 6 heteroatoms. The van der Waals surface area contributed by atoms with Crippen LogP contribution in [0.25, 0.3) is 0 Å². The zero-order valence-electron chi connectivity index (χ0n) is 18.6. The van der Waals surface area contributed by atoms with Gasteiger partial charge in [0.2, 0.25) is 0 Å². The molecule has 31 heavy (non-hydrogen) atoms. The first-order valence-corrected chi connectivity index (χ1v) is 10.5. The van der Waals surface area contributed by atoms with Crippen molar-refractivity contribution in [2.24, 2.45) is 0 Å². The minimum atomic E-state index is 0.0317. The molecule has 0 spiro atoms. The molecule has 0 atom stereocenters. The predicted molar refractivity (Wildman–Crippen MR) is 123 cm³/mol. The number of aliphatic hydroxyl groups is 1. The summed E-state index contributed by atoms with van der Waals surface area (Å²) in [6, 6.07) is 12.0. The van der Waals surface area contributed by atoms with E-state index in [1.165, 1.54) is 0 Å². The Kier molecular flexibility index (Phi) is 7.73. The van der Waals surface area contributed by atoms with Crippen molar-refractivity contribution in [2.45, 2.75) is 40.4 Å². The van der Waals surface area contributed by atoms with Crippen LogP contribution in [-0.2, 0) is 19.6 Å². The molecule has 0 saturated carbocycles. The van der Waals surface area contributed by atoms with Crippen LogP contribution in [0, 0.1) is 20.8 Å². The van der Waals surface area contributed by atoms with E-state index in [-0.39, 0.29) is 6.61 Å². The van der Waals surface area contributed by atoms with Gasteiger partial charge < -0.3 is 14.9 Å². The van der Waals surface area contributed by atoms with Gasteiger partial charge in [0.25, 0.3) is 0 Å². The Morgan fingerprint density at radius 3 is 1.48 bits per heavy atom. The summed E-state index contributed by atoms with van der Waals surface area (Å²) in [6.45, 7) is 12.9. The molecule has 0 aromatic carbocycles. The summed E-state index contributed by atoms with van der Waals surface area (Å²) in [4.78, 5) is 18.0. The summed E-state index contributed by atoms with van der Waals surface area (Å²) >= 11 is 0. The van der Waals surface area contributed by atoms with Crippen LogP contribution in [0.1, 0.15) is 33.8 Å². The Labute approximate surface area is 184 Å². The van der Waals surface area contributed by atoms with Gasteiger partial charge in [-0.1, -0.05) is 24.8 Å². The van der Waals surface area contributed by atoms with Crippen LogP contribution in [0.15, 0.2) is 67.4 Å². The largest absolute Gasteiger partial charge is 0.395 e. The van der Waals surface area contributed by atoms with Crippen LogP contribution in [0.5, 0.6) is 0 Å². The van der Waals surface area contributed by atoms with Gasteiger partial charge in [-0.2, -0.15) is 0 Å². The second-order valence-corrected chi connectivity index (χ2v) is 7.72. The van der Waals surface area contributed by atoms with Crippen LogP contribution in [0.4, 0.5) is 0 Å². The third kappa shape index (κ3) is 5.89. The van der Waals surface area contributed by atoms with Gasteiger partial charge >= 0.3 is 0 Å². The smallest absolute Gasteiger partial charge is 0.0976 e. The lowest BCUT2D eigenvalue weighted by molar-refractivity contribution is 0.156. The summed E-state index contributed by atoms with van der Waals surface area (Å²) in [6.07, 6.45) is 5.44. The monoisotopic (exact) mass is 417 g/mol. The minimum absolute atomic E-state index is 0.0317. The van der Waals surface area contributed by atoms with Gasteiger partial charge in [-0.05, 0) is 55.7 Å². The molecule has 0 unspecified atom stereocenters. The topological polar surface area (TPSA) is 65.4 Å². The number of rotatable bonds is 10. The molecular weight excluding hydrogens is 386 g/mol. The Bertz CT molecular complexity index is 973. The van der Waals surface area contributed by atoms with Crippen molar-refractivity contribution in [1.82, 2.24) is 24.8 Å². The van der Waals surface area contributed by atoms with E-state index in [0.717, 1.165) is 39.6 Å². The standard InChI is InChI=1S/C25H31N5O/c1-19-8-5-11-26-23(19)16-29(14-15-31)22(4)30(17-24-20(2)9-6-12-27-24)18-25-21(3)10-7-13-28-25/h5-13,31H,4,14-18H2,1-3H3. The first-order chi connectivity index (χ1) is 15.0. The van der Waals surface area contributed by atoms with Gasteiger partial charge in [0.1, 0.15) is 0 Å². The highest BCUT2D eigenvalue weighted by Gasteiger charge is 2.19. The van der Waals surface area contributed by atoms with Crippen molar-refractivity contribution in [3.8, 4) is 0 Å². The molecule has 0 saturated heterocycles. The lowest BCUT2D eigenvalue weighted by Crippen LogP contribution is -2.36.